The average molecular weight is 383 g/mol. The first kappa shape index (κ1) is 15.0. The lowest BCUT2D eigenvalue weighted by molar-refractivity contribution is 0.414. The van der Waals surface area contributed by atoms with Gasteiger partial charge in [0.15, 0.2) is 5.82 Å². The van der Waals surface area contributed by atoms with Crippen LogP contribution in [0.4, 0.5) is 5.82 Å². The van der Waals surface area contributed by atoms with Crippen molar-refractivity contribution in [3.63, 3.8) is 0 Å². The van der Waals surface area contributed by atoms with Crippen LogP contribution in [0.1, 0.15) is 5.56 Å². The summed E-state index contributed by atoms with van der Waals surface area (Å²) in [7, 11) is 1.67. The third kappa shape index (κ3) is 2.69. The molecule has 6 heteroatoms. The van der Waals surface area contributed by atoms with Gasteiger partial charge in [0, 0.05) is 11.0 Å². The quantitative estimate of drug-likeness (QED) is 0.572. The van der Waals surface area contributed by atoms with Crippen molar-refractivity contribution in [3.05, 3.63) is 65.0 Å². The van der Waals surface area contributed by atoms with Gasteiger partial charge in [0.25, 0.3) is 0 Å². The monoisotopic (exact) mass is 382 g/mol. The summed E-state index contributed by atoms with van der Waals surface area (Å²) in [4.78, 5) is 9.02. The summed E-state index contributed by atoms with van der Waals surface area (Å²) < 4.78 is 8.25. The fourth-order valence-corrected chi connectivity index (χ4v) is 3.03. The Kier molecular flexibility index (Phi) is 3.82. The molecule has 0 aliphatic carbocycles. The van der Waals surface area contributed by atoms with Crippen LogP contribution in [0.2, 0.25) is 0 Å². The Morgan fingerprint density at radius 1 is 1.12 bits per heavy atom. The third-order valence-corrected chi connectivity index (χ3v) is 4.42. The minimum absolute atomic E-state index is 0.680. The number of benzene rings is 2. The van der Waals surface area contributed by atoms with E-state index in [0.717, 1.165) is 38.2 Å². The summed E-state index contributed by atoms with van der Waals surface area (Å²) in [6, 6.07) is 14.0. The molecule has 4 rings (SSSR count). The number of fused-ring (bicyclic) bond motifs is 3. The number of nitrogens with one attached hydrogen (secondary N) is 1. The summed E-state index contributed by atoms with van der Waals surface area (Å²) >= 11 is 3.51. The van der Waals surface area contributed by atoms with Crippen molar-refractivity contribution in [1.82, 2.24) is 14.4 Å². The molecule has 0 aliphatic heterocycles. The van der Waals surface area contributed by atoms with Crippen LogP contribution < -0.4 is 10.1 Å². The van der Waals surface area contributed by atoms with Crippen molar-refractivity contribution < 1.29 is 4.74 Å². The van der Waals surface area contributed by atoms with Crippen molar-refractivity contribution in [2.45, 2.75) is 6.54 Å². The number of imidazole rings is 1. The Morgan fingerprint density at radius 3 is 2.75 bits per heavy atom. The van der Waals surface area contributed by atoms with Crippen molar-refractivity contribution in [1.29, 1.82) is 0 Å². The van der Waals surface area contributed by atoms with Gasteiger partial charge in [0.1, 0.15) is 11.3 Å². The predicted molar refractivity (Wildman–Crippen MR) is 98.5 cm³/mol. The molecular weight excluding hydrogens is 368 g/mol. The maximum atomic E-state index is 5.19. The molecule has 0 unspecified atom stereocenters. The van der Waals surface area contributed by atoms with Gasteiger partial charge in [-0.15, -0.1) is 0 Å². The summed E-state index contributed by atoms with van der Waals surface area (Å²) in [5.74, 6) is 1.67. The zero-order valence-corrected chi connectivity index (χ0v) is 14.6. The van der Waals surface area contributed by atoms with Gasteiger partial charge >= 0.3 is 0 Å². The second-order valence-electron chi connectivity index (χ2n) is 5.44. The molecular formula is C18H15BrN4O. The first-order valence-electron chi connectivity index (χ1n) is 7.53. The number of methoxy groups -OCH3 is 1. The molecule has 0 bridgehead atoms. The van der Waals surface area contributed by atoms with Crippen LogP contribution in [0.5, 0.6) is 5.75 Å². The van der Waals surface area contributed by atoms with Gasteiger partial charge in [-0.3, -0.25) is 4.40 Å². The van der Waals surface area contributed by atoms with Crippen LogP contribution in [0, 0.1) is 0 Å². The van der Waals surface area contributed by atoms with Crippen LogP contribution >= 0.6 is 15.9 Å². The van der Waals surface area contributed by atoms with E-state index in [9.17, 15) is 0 Å². The standard InChI is InChI=1S/C18H15BrN4O/c1-24-14-5-2-12(3-6-14)9-21-18-17-10-20-11-23(17)16-8-13(19)4-7-15(16)22-18/h2-8,10-11H,9H2,1H3,(H,21,22). The molecule has 120 valence electrons. The van der Waals surface area contributed by atoms with E-state index in [1.54, 1.807) is 7.11 Å². The van der Waals surface area contributed by atoms with Crippen molar-refractivity contribution >= 4 is 38.3 Å². The maximum absolute atomic E-state index is 5.19. The van der Waals surface area contributed by atoms with E-state index < -0.39 is 0 Å². The summed E-state index contributed by atoms with van der Waals surface area (Å²) in [6.07, 6.45) is 3.63. The topological polar surface area (TPSA) is 51.5 Å². The first-order valence-corrected chi connectivity index (χ1v) is 8.32. The lowest BCUT2D eigenvalue weighted by Crippen LogP contribution is -2.04. The Bertz CT molecular complexity index is 1010. The van der Waals surface area contributed by atoms with Gasteiger partial charge in [-0.25, -0.2) is 9.97 Å². The molecule has 0 amide bonds. The van der Waals surface area contributed by atoms with Gasteiger partial charge in [0.2, 0.25) is 0 Å². The molecule has 0 aliphatic rings. The van der Waals surface area contributed by atoms with Crippen molar-refractivity contribution in [3.8, 4) is 5.75 Å². The van der Waals surface area contributed by atoms with E-state index in [1.165, 1.54) is 0 Å². The summed E-state index contributed by atoms with van der Waals surface area (Å²) in [5, 5.41) is 3.41. The molecule has 0 spiro atoms. The number of rotatable bonds is 4. The van der Waals surface area contributed by atoms with Gasteiger partial charge < -0.3 is 10.1 Å². The van der Waals surface area contributed by atoms with E-state index >= 15 is 0 Å². The number of aromatic nitrogens is 3. The highest BCUT2D eigenvalue weighted by atomic mass is 79.9. The molecule has 4 aromatic rings. The number of halogens is 1. The highest BCUT2D eigenvalue weighted by Gasteiger charge is 2.09. The largest absolute Gasteiger partial charge is 0.497 e. The molecule has 2 heterocycles. The molecule has 2 aromatic heterocycles. The Balaban J connectivity index is 1.69. The molecule has 2 aromatic carbocycles. The zero-order chi connectivity index (χ0) is 16.5. The van der Waals surface area contributed by atoms with Crippen molar-refractivity contribution in [2.75, 3.05) is 12.4 Å². The number of hydrogen-bond acceptors (Lipinski definition) is 4. The number of anilines is 1. The molecule has 24 heavy (non-hydrogen) atoms. The first-order chi connectivity index (χ1) is 11.7. The minimum atomic E-state index is 0.680. The van der Waals surface area contributed by atoms with Gasteiger partial charge in [-0.05, 0) is 35.9 Å². The number of ether oxygens (including phenoxy) is 1. The van der Waals surface area contributed by atoms with Gasteiger partial charge in [0.05, 0.1) is 30.7 Å². The number of nitrogens with zero attached hydrogens (tertiary/aromatic N) is 3. The van der Waals surface area contributed by atoms with E-state index in [2.05, 4.69) is 26.2 Å². The van der Waals surface area contributed by atoms with E-state index in [0.29, 0.717) is 6.54 Å². The SMILES string of the molecule is COc1ccc(CNc2nc3ccc(Br)cc3n3cncc23)cc1. The van der Waals surface area contributed by atoms with Crippen LogP contribution in [-0.4, -0.2) is 21.5 Å². The van der Waals surface area contributed by atoms with Gasteiger partial charge in [-0.1, -0.05) is 28.1 Å². The molecule has 1 N–H and O–H groups in total. The van der Waals surface area contributed by atoms with Crippen LogP contribution in [0.25, 0.3) is 16.6 Å². The zero-order valence-electron chi connectivity index (χ0n) is 13.0. The van der Waals surface area contributed by atoms with E-state index in [4.69, 9.17) is 9.72 Å². The lowest BCUT2D eigenvalue weighted by atomic mass is 10.2. The Hall–Kier alpha value is -2.60. The smallest absolute Gasteiger partial charge is 0.153 e. The molecule has 0 fully saturated rings. The van der Waals surface area contributed by atoms with Gasteiger partial charge in [-0.2, -0.15) is 0 Å². The summed E-state index contributed by atoms with van der Waals surface area (Å²) in [5.41, 5.74) is 4.05. The van der Waals surface area contributed by atoms with Crippen LogP contribution in [-0.2, 0) is 6.54 Å². The van der Waals surface area contributed by atoms with Crippen LogP contribution in [0.3, 0.4) is 0 Å². The van der Waals surface area contributed by atoms with Crippen molar-refractivity contribution in [2.24, 2.45) is 0 Å². The maximum Gasteiger partial charge on any atom is 0.153 e. The second kappa shape index (κ2) is 6.13. The fraction of sp³-hybridized carbons (Fsp3) is 0.111. The third-order valence-electron chi connectivity index (χ3n) is 3.93. The fourth-order valence-electron chi connectivity index (χ4n) is 2.68. The summed E-state index contributed by atoms with van der Waals surface area (Å²) in [6.45, 7) is 0.680. The Labute approximate surface area is 147 Å². The highest BCUT2D eigenvalue weighted by molar-refractivity contribution is 9.10. The average Bonchev–Trinajstić information content (AvgIpc) is 3.10. The second-order valence-corrected chi connectivity index (χ2v) is 6.36. The lowest BCUT2D eigenvalue weighted by Gasteiger charge is -2.11. The van der Waals surface area contributed by atoms with E-state index in [1.807, 2.05) is 59.4 Å². The van der Waals surface area contributed by atoms with Crippen LogP contribution in [0.15, 0.2) is 59.5 Å². The molecule has 0 saturated heterocycles. The highest BCUT2D eigenvalue weighted by Crippen LogP contribution is 2.24. The molecule has 0 atom stereocenters. The molecule has 0 saturated carbocycles. The van der Waals surface area contributed by atoms with E-state index in [-0.39, 0.29) is 0 Å². The normalized spacial score (nSPS) is 11.1. The number of hydrogen-bond donors (Lipinski definition) is 1. The Morgan fingerprint density at radius 2 is 1.96 bits per heavy atom. The molecule has 5 nitrogen and oxygen atoms in total. The minimum Gasteiger partial charge on any atom is -0.497 e. The molecule has 0 radical (unpaired) electrons. The predicted octanol–water partition coefficient (Wildman–Crippen LogP) is 4.27.